The molecule has 7 heteroatoms. The molecule has 0 radical (unpaired) electrons. The number of hydrogen-bond acceptors (Lipinski definition) is 4. The van der Waals surface area contributed by atoms with Gasteiger partial charge < -0.3 is 9.13 Å². The molecule has 0 saturated carbocycles. The lowest BCUT2D eigenvalue weighted by Crippen LogP contribution is -2.05. The fourth-order valence-electron chi connectivity index (χ4n) is 7.16. The van der Waals surface area contributed by atoms with Gasteiger partial charge in [0.1, 0.15) is 5.52 Å². The van der Waals surface area contributed by atoms with Crippen molar-refractivity contribution in [3.63, 3.8) is 0 Å². The molecule has 0 atom stereocenters. The fourth-order valence-corrected chi connectivity index (χ4v) is 7.16. The number of benzene rings is 4. The summed E-state index contributed by atoms with van der Waals surface area (Å²) in [7, 11) is 0. The zero-order valence-corrected chi connectivity index (χ0v) is 26.2. The maximum Gasteiger partial charge on any atom is 0.236 e. The van der Waals surface area contributed by atoms with Crippen molar-refractivity contribution in [1.29, 1.82) is 0 Å². The molecular weight excluding hydrogens is 603 g/mol. The molecule has 49 heavy (non-hydrogen) atoms. The first-order chi connectivity index (χ1) is 24.3. The molecule has 0 aliphatic carbocycles. The van der Waals surface area contributed by atoms with E-state index < -0.39 is 0 Å². The van der Waals surface area contributed by atoms with Crippen LogP contribution in [0, 0.1) is 0 Å². The van der Waals surface area contributed by atoms with E-state index in [0.29, 0.717) is 5.95 Å². The van der Waals surface area contributed by atoms with E-state index in [0.717, 1.165) is 78.0 Å². The Morgan fingerprint density at radius 1 is 0.347 bits per heavy atom. The van der Waals surface area contributed by atoms with Crippen molar-refractivity contribution in [3.8, 4) is 40.1 Å². The Hall–Kier alpha value is -6.86. The van der Waals surface area contributed by atoms with E-state index in [-0.39, 0.29) is 0 Å². The summed E-state index contributed by atoms with van der Waals surface area (Å²) in [6.07, 6.45) is 3.59. The van der Waals surface area contributed by atoms with E-state index in [1.807, 2.05) is 42.5 Å². The second-order valence-electron chi connectivity index (χ2n) is 12.0. The SMILES string of the molecule is c1ccc(-n2c3ccccc3c3c2c2c(c4ccccc4n2-c2nc(-c4ccccn4)cc(-c4ccccn4)n2)n3-c2ccccc2)cc1. The highest BCUT2D eigenvalue weighted by molar-refractivity contribution is 6.25. The van der Waals surface area contributed by atoms with E-state index in [4.69, 9.17) is 9.97 Å². The van der Waals surface area contributed by atoms with Crippen molar-refractivity contribution in [2.45, 2.75) is 0 Å². The van der Waals surface area contributed by atoms with Crippen LogP contribution in [0.4, 0.5) is 0 Å². The first kappa shape index (κ1) is 27.3. The fraction of sp³-hybridized carbons (Fsp3) is 0. The number of aromatic nitrogens is 7. The Balaban J connectivity index is 1.44. The molecule has 4 aromatic carbocycles. The van der Waals surface area contributed by atoms with Crippen LogP contribution in [-0.4, -0.2) is 33.6 Å². The summed E-state index contributed by atoms with van der Waals surface area (Å²) in [4.78, 5) is 19.9. The van der Waals surface area contributed by atoms with Gasteiger partial charge in [-0.25, -0.2) is 9.97 Å². The molecule has 0 N–H and O–H groups in total. The van der Waals surface area contributed by atoms with E-state index >= 15 is 0 Å². The predicted molar refractivity (Wildman–Crippen MR) is 196 cm³/mol. The molecule has 0 aliphatic rings. The first-order valence-corrected chi connectivity index (χ1v) is 16.3. The summed E-state index contributed by atoms with van der Waals surface area (Å²) < 4.78 is 7.02. The molecule has 6 aromatic heterocycles. The number of hydrogen-bond donors (Lipinski definition) is 0. The van der Waals surface area contributed by atoms with Crippen molar-refractivity contribution in [3.05, 3.63) is 164 Å². The third kappa shape index (κ3) is 4.16. The molecule has 0 unspecified atom stereocenters. The van der Waals surface area contributed by atoms with Crippen LogP contribution in [0.3, 0.4) is 0 Å². The number of pyridine rings is 2. The third-order valence-electron chi connectivity index (χ3n) is 9.17. The summed E-state index contributed by atoms with van der Waals surface area (Å²) in [5.41, 5.74) is 11.6. The van der Waals surface area contributed by atoms with Gasteiger partial charge in [-0.05, 0) is 66.7 Å². The van der Waals surface area contributed by atoms with Crippen molar-refractivity contribution in [2.24, 2.45) is 0 Å². The van der Waals surface area contributed by atoms with E-state index in [9.17, 15) is 0 Å². The Kier molecular flexibility index (Phi) is 6.04. The van der Waals surface area contributed by atoms with Gasteiger partial charge in [0.25, 0.3) is 0 Å². The van der Waals surface area contributed by atoms with Gasteiger partial charge >= 0.3 is 0 Å². The van der Waals surface area contributed by atoms with Gasteiger partial charge in [-0.2, -0.15) is 0 Å². The summed E-state index contributed by atoms with van der Waals surface area (Å²) in [6, 6.07) is 52.1. The maximum atomic E-state index is 5.26. The number of para-hydroxylation sites is 4. The van der Waals surface area contributed by atoms with Crippen LogP contribution in [0.2, 0.25) is 0 Å². The normalized spacial score (nSPS) is 11.7. The smallest absolute Gasteiger partial charge is 0.236 e. The van der Waals surface area contributed by atoms with Crippen molar-refractivity contribution in [1.82, 2.24) is 33.6 Å². The zero-order chi connectivity index (χ0) is 32.3. The van der Waals surface area contributed by atoms with E-state index in [2.05, 4.69) is 133 Å². The second-order valence-corrected chi connectivity index (χ2v) is 12.0. The largest absolute Gasteiger partial charge is 0.306 e. The quantitative estimate of drug-likeness (QED) is 0.190. The van der Waals surface area contributed by atoms with Gasteiger partial charge in [0.15, 0.2) is 0 Å². The van der Waals surface area contributed by atoms with E-state index in [1.54, 1.807) is 12.4 Å². The highest BCUT2D eigenvalue weighted by atomic mass is 15.2. The molecule has 230 valence electrons. The molecule has 6 heterocycles. The molecule has 7 nitrogen and oxygen atoms in total. The van der Waals surface area contributed by atoms with Crippen molar-refractivity contribution >= 4 is 43.9 Å². The molecule has 0 amide bonds. The molecule has 0 fully saturated rings. The summed E-state index contributed by atoms with van der Waals surface area (Å²) in [5, 5.41) is 2.27. The van der Waals surface area contributed by atoms with Crippen LogP contribution in [0.25, 0.3) is 84.0 Å². The Bertz CT molecular complexity index is 2740. The topological polar surface area (TPSA) is 66.3 Å². The average molecular weight is 630 g/mol. The second kappa shape index (κ2) is 10.9. The van der Waals surface area contributed by atoms with Gasteiger partial charge in [-0.3, -0.25) is 14.5 Å². The summed E-state index contributed by atoms with van der Waals surface area (Å²) in [6.45, 7) is 0. The Morgan fingerprint density at radius 3 is 1.33 bits per heavy atom. The van der Waals surface area contributed by atoms with Crippen LogP contribution in [0.5, 0.6) is 0 Å². The summed E-state index contributed by atoms with van der Waals surface area (Å²) in [5.74, 6) is 0.548. The van der Waals surface area contributed by atoms with E-state index in [1.165, 1.54) is 0 Å². The van der Waals surface area contributed by atoms with Crippen LogP contribution in [0.15, 0.2) is 164 Å². The van der Waals surface area contributed by atoms with Gasteiger partial charge in [0.05, 0.1) is 50.4 Å². The lowest BCUT2D eigenvalue weighted by molar-refractivity contribution is 0.988. The van der Waals surface area contributed by atoms with Gasteiger partial charge in [0, 0.05) is 34.5 Å². The number of rotatable bonds is 5. The molecular formula is C42H27N7. The van der Waals surface area contributed by atoms with Gasteiger partial charge in [0.2, 0.25) is 5.95 Å². The lowest BCUT2D eigenvalue weighted by Gasteiger charge is -2.12. The molecule has 10 aromatic rings. The van der Waals surface area contributed by atoms with Gasteiger partial charge in [-0.15, -0.1) is 0 Å². The molecule has 0 aliphatic heterocycles. The highest BCUT2D eigenvalue weighted by Gasteiger charge is 2.28. The standard InChI is InChI=1S/C42H27N7/c1-3-15-28(16-4-1)47-36-23-9-7-19-30(36)38-40(47)41-39(48(38)29-17-5-2-6-18-29)31-20-8-10-24-37(31)49(41)42-45-34(32-21-11-13-25-43-32)27-35(46-42)33-22-12-14-26-44-33/h1-27H. The van der Waals surface area contributed by atoms with Crippen LogP contribution >= 0.6 is 0 Å². The molecule has 10 rings (SSSR count). The van der Waals surface area contributed by atoms with Crippen molar-refractivity contribution in [2.75, 3.05) is 0 Å². The third-order valence-corrected chi connectivity index (χ3v) is 9.17. The lowest BCUT2D eigenvalue weighted by atomic mass is 10.2. The molecule has 0 saturated heterocycles. The number of nitrogens with zero attached hydrogens (tertiary/aromatic N) is 7. The Labute approximate surface area is 281 Å². The monoisotopic (exact) mass is 629 g/mol. The first-order valence-electron chi connectivity index (χ1n) is 16.3. The average Bonchev–Trinajstić information content (AvgIpc) is 3.81. The summed E-state index contributed by atoms with van der Waals surface area (Å²) >= 11 is 0. The number of fused-ring (bicyclic) bond motifs is 7. The predicted octanol–water partition coefficient (Wildman–Crippen LogP) is 9.59. The minimum Gasteiger partial charge on any atom is -0.306 e. The van der Waals surface area contributed by atoms with Gasteiger partial charge in [-0.1, -0.05) is 84.9 Å². The molecule has 0 spiro atoms. The Morgan fingerprint density at radius 2 is 0.796 bits per heavy atom. The zero-order valence-electron chi connectivity index (χ0n) is 26.2. The van der Waals surface area contributed by atoms with Crippen LogP contribution in [-0.2, 0) is 0 Å². The minimum absolute atomic E-state index is 0.548. The van der Waals surface area contributed by atoms with Crippen LogP contribution in [0.1, 0.15) is 0 Å². The van der Waals surface area contributed by atoms with Crippen LogP contribution < -0.4 is 0 Å². The maximum absolute atomic E-state index is 5.26. The van der Waals surface area contributed by atoms with Crippen molar-refractivity contribution < 1.29 is 0 Å². The minimum atomic E-state index is 0.548. The molecule has 0 bridgehead atoms. The highest BCUT2D eigenvalue weighted by Crippen LogP contribution is 2.45.